The Balaban J connectivity index is 2.55. The summed E-state index contributed by atoms with van der Waals surface area (Å²) in [4.78, 5) is 0. The molecular weight excluding hydrogens is 243 g/mol. The normalized spacial score (nSPS) is 13.6. The number of nitrogens with two attached hydrogens (primary N) is 1. The van der Waals surface area contributed by atoms with E-state index >= 15 is 0 Å². The summed E-state index contributed by atoms with van der Waals surface area (Å²) >= 11 is 0. The van der Waals surface area contributed by atoms with Crippen LogP contribution in [0.3, 0.4) is 0 Å². The molecule has 0 saturated heterocycles. The van der Waals surface area contributed by atoms with Crippen LogP contribution in [-0.2, 0) is 15.8 Å². The molecule has 17 heavy (non-hydrogen) atoms. The molecule has 1 unspecified atom stereocenters. The van der Waals surface area contributed by atoms with E-state index in [4.69, 9.17) is 5.73 Å². The fourth-order valence-corrected chi connectivity index (χ4v) is 2.49. The highest BCUT2D eigenvalue weighted by Crippen LogP contribution is 2.07. The van der Waals surface area contributed by atoms with Crippen molar-refractivity contribution in [3.63, 3.8) is 0 Å². The van der Waals surface area contributed by atoms with Crippen LogP contribution in [0.2, 0.25) is 0 Å². The van der Waals surface area contributed by atoms with E-state index in [9.17, 15) is 12.8 Å². The number of benzene rings is 1. The number of sulfonamides is 1. The second-order valence-corrected chi connectivity index (χ2v) is 5.86. The Morgan fingerprint density at radius 1 is 1.47 bits per heavy atom. The summed E-state index contributed by atoms with van der Waals surface area (Å²) in [6, 6.07) is 5.51. The van der Waals surface area contributed by atoms with Crippen LogP contribution in [0.1, 0.15) is 18.9 Å². The Bertz CT molecular complexity index is 460. The lowest BCUT2D eigenvalue weighted by atomic mass is 10.2. The van der Waals surface area contributed by atoms with Crippen LogP contribution in [0.15, 0.2) is 24.3 Å². The molecule has 0 aliphatic rings. The lowest BCUT2D eigenvalue weighted by Gasteiger charge is -2.08. The van der Waals surface area contributed by atoms with Crippen molar-refractivity contribution in [3.8, 4) is 0 Å². The third-order valence-corrected chi connectivity index (χ3v) is 3.52. The van der Waals surface area contributed by atoms with Gasteiger partial charge in [-0.2, -0.15) is 0 Å². The first kappa shape index (κ1) is 14.1. The summed E-state index contributed by atoms with van der Waals surface area (Å²) in [5, 5.41) is 0. The second-order valence-electron chi connectivity index (χ2n) is 4.05. The quantitative estimate of drug-likeness (QED) is 0.801. The summed E-state index contributed by atoms with van der Waals surface area (Å²) in [7, 11) is -3.42. The van der Waals surface area contributed by atoms with Gasteiger partial charge in [-0.1, -0.05) is 12.1 Å². The van der Waals surface area contributed by atoms with Crippen molar-refractivity contribution < 1.29 is 12.8 Å². The standard InChI is InChI=1S/C11H17FN2O2S/c1-9(13)5-6-14-17(15,16)8-10-3-2-4-11(12)7-10/h2-4,7,9,14H,5-6,8,13H2,1H3. The van der Waals surface area contributed by atoms with E-state index < -0.39 is 15.8 Å². The average molecular weight is 260 g/mol. The molecule has 1 atom stereocenters. The fourth-order valence-electron chi connectivity index (χ4n) is 1.34. The highest BCUT2D eigenvalue weighted by atomic mass is 32.2. The van der Waals surface area contributed by atoms with E-state index in [1.54, 1.807) is 13.0 Å². The first-order chi connectivity index (χ1) is 7.89. The summed E-state index contributed by atoms with van der Waals surface area (Å²) in [5.74, 6) is -0.655. The Hall–Kier alpha value is -0.980. The topological polar surface area (TPSA) is 72.2 Å². The molecule has 0 saturated carbocycles. The SMILES string of the molecule is CC(N)CCNS(=O)(=O)Cc1cccc(F)c1. The van der Waals surface area contributed by atoms with Crippen LogP contribution in [0, 0.1) is 5.82 Å². The minimum Gasteiger partial charge on any atom is -0.328 e. The van der Waals surface area contributed by atoms with Gasteiger partial charge in [-0.25, -0.2) is 17.5 Å². The number of nitrogens with one attached hydrogen (secondary N) is 1. The van der Waals surface area contributed by atoms with Crippen molar-refractivity contribution in [1.29, 1.82) is 0 Å². The molecule has 1 rings (SSSR count). The van der Waals surface area contributed by atoms with Crippen LogP contribution in [0.25, 0.3) is 0 Å². The maximum atomic E-state index is 12.9. The number of hydrogen-bond donors (Lipinski definition) is 2. The van der Waals surface area contributed by atoms with Gasteiger partial charge in [-0.3, -0.25) is 0 Å². The third-order valence-electron chi connectivity index (χ3n) is 2.17. The van der Waals surface area contributed by atoms with Gasteiger partial charge in [0, 0.05) is 12.6 Å². The van der Waals surface area contributed by atoms with E-state index in [-0.39, 0.29) is 11.8 Å². The van der Waals surface area contributed by atoms with Crippen molar-refractivity contribution in [2.75, 3.05) is 6.54 Å². The first-order valence-electron chi connectivity index (χ1n) is 5.36. The second kappa shape index (κ2) is 6.09. The predicted octanol–water partition coefficient (Wildman–Crippen LogP) is 0.982. The van der Waals surface area contributed by atoms with Gasteiger partial charge in [-0.15, -0.1) is 0 Å². The van der Waals surface area contributed by atoms with Gasteiger partial charge in [0.2, 0.25) is 10.0 Å². The molecule has 96 valence electrons. The molecule has 1 aromatic rings. The number of halogens is 1. The van der Waals surface area contributed by atoms with Gasteiger partial charge in [0.25, 0.3) is 0 Å². The predicted molar refractivity (Wildman–Crippen MR) is 65.3 cm³/mol. The Morgan fingerprint density at radius 3 is 2.76 bits per heavy atom. The maximum Gasteiger partial charge on any atom is 0.215 e. The van der Waals surface area contributed by atoms with Gasteiger partial charge in [0.15, 0.2) is 0 Å². The van der Waals surface area contributed by atoms with Crippen LogP contribution >= 0.6 is 0 Å². The first-order valence-corrected chi connectivity index (χ1v) is 7.01. The molecule has 3 N–H and O–H groups in total. The Kier molecular flexibility index (Phi) is 5.04. The van der Waals surface area contributed by atoms with Crippen molar-refractivity contribution in [2.24, 2.45) is 5.73 Å². The molecule has 0 aliphatic carbocycles. The van der Waals surface area contributed by atoms with Crippen molar-refractivity contribution in [3.05, 3.63) is 35.6 Å². The Morgan fingerprint density at radius 2 is 2.18 bits per heavy atom. The van der Waals surface area contributed by atoms with Crippen LogP contribution in [0.5, 0.6) is 0 Å². The smallest absolute Gasteiger partial charge is 0.215 e. The zero-order valence-electron chi connectivity index (χ0n) is 9.69. The summed E-state index contributed by atoms with van der Waals surface area (Å²) in [5.41, 5.74) is 5.94. The van der Waals surface area contributed by atoms with Crippen LogP contribution in [0.4, 0.5) is 4.39 Å². The van der Waals surface area contributed by atoms with E-state index in [0.29, 0.717) is 18.5 Å². The molecule has 0 amide bonds. The zero-order valence-corrected chi connectivity index (χ0v) is 10.5. The summed E-state index contributed by atoms with van der Waals surface area (Å²) in [6.07, 6.45) is 0.572. The molecular formula is C11H17FN2O2S. The van der Waals surface area contributed by atoms with Crippen molar-refractivity contribution >= 4 is 10.0 Å². The van der Waals surface area contributed by atoms with Gasteiger partial charge in [0.1, 0.15) is 5.82 Å². The monoisotopic (exact) mass is 260 g/mol. The van der Waals surface area contributed by atoms with E-state index in [2.05, 4.69) is 4.72 Å². The molecule has 0 fully saturated rings. The Labute approximate surface area is 101 Å². The minimum atomic E-state index is -3.42. The third kappa shape index (κ3) is 5.76. The van der Waals surface area contributed by atoms with Gasteiger partial charge < -0.3 is 5.73 Å². The minimum absolute atomic E-state index is 0.0492. The molecule has 1 aromatic carbocycles. The number of rotatable bonds is 6. The molecule has 0 heterocycles. The average Bonchev–Trinajstić information content (AvgIpc) is 2.15. The van der Waals surface area contributed by atoms with Gasteiger partial charge in [0.05, 0.1) is 5.75 Å². The molecule has 0 bridgehead atoms. The van der Waals surface area contributed by atoms with E-state index in [0.717, 1.165) is 0 Å². The summed E-state index contributed by atoms with van der Waals surface area (Å²) in [6.45, 7) is 2.11. The maximum absolute atomic E-state index is 12.9. The van der Waals surface area contributed by atoms with Crippen LogP contribution in [-0.4, -0.2) is 21.0 Å². The highest BCUT2D eigenvalue weighted by Gasteiger charge is 2.11. The van der Waals surface area contributed by atoms with Crippen LogP contribution < -0.4 is 10.5 Å². The zero-order chi connectivity index (χ0) is 12.9. The van der Waals surface area contributed by atoms with Crippen molar-refractivity contribution in [2.45, 2.75) is 25.1 Å². The molecule has 0 aliphatic heterocycles. The lowest BCUT2D eigenvalue weighted by Crippen LogP contribution is -2.29. The van der Waals surface area contributed by atoms with E-state index in [1.165, 1.54) is 18.2 Å². The number of hydrogen-bond acceptors (Lipinski definition) is 3. The fraction of sp³-hybridized carbons (Fsp3) is 0.455. The molecule has 4 nitrogen and oxygen atoms in total. The van der Waals surface area contributed by atoms with E-state index in [1.807, 2.05) is 0 Å². The molecule has 0 radical (unpaired) electrons. The largest absolute Gasteiger partial charge is 0.328 e. The van der Waals surface area contributed by atoms with Gasteiger partial charge in [-0.05, 0) is 31.0 Å². The van der Waals surface area contributed by atoms with Crippen molar-refractivity contribution in [1.82, 2.24) is 4.72 Å². The molecule has 6 heteroatoms. The lowest BCUT2D eigenvalue weighted by molar-refractivity contribution is 0.570. The molecule has 0 spiro atoms. The van der Waals surface area contributed by atoms with Gasteiger partial charge >= 0.3 is 0 Å². The molecule has 0 aromatic heterocycles. The summed E-state index contributed by atoms with van der Waals surface area (Å²) < 4.78 is 38.5. The highest BCUT2D eigenvalue weighted by molar-refractivity contribution is 7.88.